The molecule has 8 heterocycles. The molecular formula is C42H49F3N12O5. The molecule has 4 aromatic rings. The second-order valence-electron chi connectivity index (χ2n) is 16.0. The maximum atomic E-state index is 16.7. The van der Waals surface area contributed by atoms with Crippen LogP contribution in [0.1, 0.15) is 90.1 Å². The molecule has 1 aromatic carbocycles. The highest BCUT2D eigenvalue weighted by Crippen LogP contribution is 2.39. The number of carbonyl (C=O) groups is 4. The lowest BCUT2D eigenvalue weighted by Crippen LogP contribution is -2.54. The fourth-order valence-corrected chi connectivity index (χ4v) is 8.56. The lowest BCUT2D eigenvalue weighted by Gasteiger charge is -2.40. The average molecular weight is 867 g/mol. The number of amides is 4. The summed E-state index contributed by atoms with van der Waals surface area (Å²) in [5.74, 6) is -10.4. The quantitative estimate of drug-likeness (QED) is 0.173. The van der Waals surface area contributed by atoms with Gasteiger partial charge >= 0.3 is 0 Å². The Balaban J connectivity index is 0.935. The van der Waals surface area contributed by atoms with Gasteiger partial charge in [0.1, 0.15) is 23.4 Å². The van der Waals surface area contributed by atoms with Crippen molar-refractivity contribution in [3.63, 3.8) is 0 Å². The van der Waals surface area contributed by atoms with Crippen LogP contribution in [0.5, 0.6) is 0 Å². The maximum absolute atomic E-state index is 16.7. The first-order valence-electron chi connectivity index (χ1n) is 24.4. The van der Waals surface area contributed by atoms with Crippen LogP contribution in [-0.2, 0) is 14.3 Å². The molecule has 9 rings (SSSR count). The van der Waals surface area contributed by atoms with E-state index in [1.807, 2.05) is 34.8 Å². The highest BCUT2D eigenvalue weighted by molar-refractivity contribution is 6.24. The summed E-state index contributed by atoms with van der Waals surface area (Å²) in [5.41, 5.74) is -4.21. The van der Waals surface area contributed by atoms with Gasteiger partial charge in [0, 0.05) is 102 Å². The van der Waals surface area contributed by atoms with Crippen molar-refractivity contribution in [3.8, 4) is 0 Å². The van der Waals surface area contributed by atoms with Crippen LogP contribution in [0, 0.1) is 23.4 Å². The molecule has 4 amide bonds. The van der Waals surface area contributed by atoms with Crippen molar-refractivity contribution >= 4 is 63.6 Å². The Morgan fingerprint density at radius 1 is 0.871 bits per heavy atom. The number of rotatable bonds is 10. The molecule has 0 saturated carbocycles. The van der Waals surface area contributed by atoms with E-state index in [1.165, 1.54) is 0 Å². The van der Waals surface area contributed by atoms with E-state index in [2.05, 4.69) is 20.2 Å². The number of piperidine rings is 3. The van der Waals surface area contributed by atoms with Crippen molar-refractivity contribution in [2.24, 2.45) is 5.92 Å². The van der Waals surface area contributed by atoms with Gasteiger partial charge in [-0.1, -0.05) is 0 Å². The number of nitrogens with one attached hydrogen (secondary N) is 2. The van der Waals surface area contributed by atoms with Crippen LogP contribution in [0.4, 0.5) is 42.3 Å². The molecular weight excluding hydrogens is 810 g/mol. The number of piperazine rings is 1. The zero-order valence-corrected chi connectivity index (χ0v) is 34.0. The third-order valence-electron chi connectivity index (χ3n) is 11.9. The van der Waals surface area contributed by atoms with Gasteiger partial charge in [-0.05, 0) is 57.9 Å². The SMILES string of the molecule is [2H]C1([2H])N(CC2CCN(c3nn(C(C)C)c4cc(Nc5ccnc(N6CCC(OC)CC6)n5)ncc34)CC2)C([2H])([2H])C([2H])([2H])N(c2c(F)c(F)c3c(c2F)C(=O)N(C2CCC(=O)NC2=O)C3=O)C1([2H])[2H]. The van der Waals surface area contributed by atoms with Gasteiger partial charge in [0.25, 0.3) is 11.8 Å². The average Bonchev–Trinajstić information content (AvgIpc) is 3.82. The molecule has 0 aliphatic carbocycles. The van der Waals surface area contributed by atoms with Crippen molar-refractivity contribution in [2.45, 2.75) is 70.6 Å². The second-order valence-corrected chi connectivity index (χ2v) is 16.0. The summed E-state index contributed by atoms with van der Waals surface area (Å²) >= 11 is 0. The number of fused-ring (bicyclic) bond motifs is 2. The van der Waals surface area contributed by atoms with Crippen LogP contribution >= 0.6 is 0 Å². The summed E-state index contributed by atoms with van der Waals surface area (Å²) in [6.45, 7) is -9.52. The van der Waals surface area contributed by atoms with Gasteiger partial charge in [0.05, 0.1) is 33.6 Å². The molecule has 4 saturated heterocycles. The Bertz CT molecular complexity index is 2780. The number of aromatic nitrogens is 5. The Kier molecular flexibility index (Phi) is 8.86. The van der Waals surface area contributed by atoms with Crippen molar-refractivity contribution in [3.05, 3.63) is 53.1 Å². The third-order valence-corrected chi connectivity index (χ3v) is 11.9. The van der Waals surface area contributed by atoms with Crippen molar-refractivity contribution in [2.75, 3.05) is 85.8 Å². The van der Waals surface area contributed by atoms with Gasteiger partial charge < -0.3 is 24.8 Å². The lowest BCUT2D eigenvalue weighted by atomic mass is 9.95. The molecule has 0 radical (unpaired) electrons. The van der Waals surface area contributed by atoms with Crippen molar-refractivity contribution in [1.82, 2.24) is 39.8 Å². The number of pyridine rings is 1. The van der Waals surface area contributed by atoms with E-state index in [0.29, 0.717) is 41.4 Å². The first kappa shape index (κ1) is 32.8. The van der Waals surface area contributed by atoms with Crippen molar-refractivity contribution in [1.29, 1.82) is 0 Å². The van der Waals surface area contributed by atoms with Crippen LogP contribution in [0.15, 0.2) is 24.5 Å². The number of benzene rings is 1. The molecule has 1 atom stereocenters. The highest BCUT2D eigenvalue weighted by atomic mass is 19.2. The Hall–Kier alpha value is -5.89. The largest absolute Gasteiger partial charge is 0.381 e. The van der Waals surface area contributed by atoms with E-state index in [1.54, 1.807) is 25.6 Å². The number of methoxy groups -OCH3 is 1. The Labute approximate surface area is 366 Å². The van der Waals surface area contributed by atoms with E-state index in [-0.39, 0.29) is 36.3 Å². The highest BCUT2D eigenvalue weighted by Gasteiger charge is 2.50. The Morgan fingerprint density at radius 2 is 1.56 bits per heavy atom. The zero-order chi connectivity index (χ0) is 50.6. The molecule has 1 unspecified atom stereocenters. The van der Waals surface area contributed by atoms with Crippen LogP contribution < -0.4 is 25.3 Å². The minimum atomic E-state index is -3.90. The molecule has 5 aliphatic heterocycles. The van der Waals surface area contributed by atoms with Gasteiger partial charge in [-0.15, -0.1) is 0 Å². The summed E-state index contributed by atoms with van der Waals surface area (Å²) < 4.78 is 128. The summed E-state index contributed by atoms with van der Waals surface area (Å²) in [5, 5.41) is 10.8. The fraction of sp³-hybridized carbons (Fsp3) is 0.524. The first-order valence-corrected chi connectivity index (χ1v) is 20.4. The molecule has 0 bridgehead atoms. The minimum Gasteiger partial charge on any atom is -0.381 e. The van der Waals surface area contributed by atoms with E-state index in [4.69, 9.17) is 25.8 Å². The molecule has 62 heavy (non-hydrogen) atoms. The topological polar surface area (TPSA) is 174 Å². The monoisotopic (exact) mass is 866 g/mol. The smallest absolute Gasteiger partial charge is 0.265 e. The van der Waals surface area contributed by atoms with Gasteiger partial charge in [-0.3, -0.25) is 39.0 Å². The number of carbonyl (C=O) groups excluding carboxylic acids is 4. The summed E-state index contributed by atoms with van der Waals surface area (Å²) in [4.78, 5) is 69.0. The predicted octanol–water partition coefficient (Wildman–Crippen LogP) is 4.02. The molecule has 0 spiro atoms. The predicted molar refractivity (Wildman–Crippen MR) is 222 cm³/mol. The molecule has 20 heteroatoms. The summed E-state index contributed by atoms with van der Waals surface area (Å²) in [6, 6.07) is 1.77. The number of nitrogens with zero attached hydrogens (tertiary/aromatic N) is 10. The molecule has 5 aliphatic rings. The van der Waals surface area contributed by atoms with Gasteiger partial charge in [0.15, 0.2) is 23.3 Å². The second kappa shape index (κ2) is 16.8. The van der Waals surface area contributed by atoms with Gasteiger partial charge in [0.2, 0.25) is 17.8 Å². The minimum absolute atomic E-state index is 0.0800. The van der Waals surface area contributed by atoms with Crippen LogP contribution in [0.2, 0.25) is 0 Å². The summed E-state index contributed by atoms with van der Waals surface area (Å²) in [7, 11) is 1.71. The molecule has 328 valence electrons. The molecule has 2 N–H and O–H groups in total. The number of hydrogen-bond acceptors (Lipinski definition) is 14. The van der Waals surface area contributed by atoms with Crippen LogP contribution in [0.25, 0.3) is 10.9 Å². The van der Waals surface area contributed by atoms with E-state index in [0.717, 1.165) is 36.8 Å². The number of hydrogen-bond donors (Lipinski definition) is 2. The standard InChI is InChI=1S/C42H49F3N12O5/c1-23(2)57-28-20-30(48-29-6-11-46-42(49-29)55-14-9-25(62-3)10-15-55)47-21-26(28)38(51-57)54-12-7-24(8-13-54)22-52-16-18-53(19-17-52)37-35(44)33-32(34(43)36(37)45)40(60)56(41(33)61)27-4-5-31(58)50-39(27)59/h6,11,20-21,23-25,27H,4-5,7-10,12-19,22H2,1-3H3,(H,50,58,59)(H,46,47,48,49)/i16D2,17D2,18D2,19D2. The normalized spacial score (nSPS) is 26.0. The third kappa shape index (κ3) is 7.56. The number of anilines is 5. The molecule has 3 aromatic heterocycles. The van der Waals surface area contributed by atoms with E-state index >= 15 is 13.2 Å². The number of imide groups is 2. The van der Waals surface area contributed by atoms with Crippen molar-refractivity contribution < 1.29 is 48.1 Å². The lowest BCUT2D eigenvalue weighted by molar-refractivity contribution is -0.136. The van der Waals surface area contributed by atoms with Crippen LogP contribution in [-0.4, -0.2) is 136 Å². The number of halogens is 3. The fourth-order valence-electron chi connectivity index (χ4n) is 8.56. The molecule has 4 fully saturated rings. The Morgan fingerprint density at radius 3 is 2.24 bits per heavy atom. The first-order chi connectivity index (χ1) is 32.9. The van der Waals surface area contributed by atoms with E-state index in [9.17, 15) is 19.2 Å². The maximum Gasteiger partial charge on any atom is 0.265 e. The summed E-state index contributed by atoms with van der Waals surface area (Å²) in [6.07, 6.45) is 5.01. The van der Waals surface area contributed by atoms with Gasteiger partial charge in [-0.25, -0.2) is 23.1 Å². The number of ether oxygens (including phenoxy) is 1. The zero-order valence-electron chi connectivity index (χ0n) is 42.0. The molecule has 17 nitrogen and oxygen atoms in total. The van der Waals surface area contributed by atoms with E-state index < -0.39 is 114 Å². The van der Waals surface area contributed by atoms with Gasteiger partial charge in [-0.2, -0.15) is 10.1 Å². The van der Waals surface area contributed by atoms with Crippen LogP contribution in [0.3, 0.4) is 0 Å².